The van der Waals surface area contributed by atoms with Crippen LogP contribution in [-0.4, -0.2) is 17.4 Å². The molecule has 1 aliphatic rings. The van der Waals surface area contributed by atoms with Crippen molar-refractivity contribution in [3.8, 4) is 0 Å². The van der Waals surface area contributed by atoms with Gasteiger partial charge in [0.1, 0.15) is 0 Å². The minimum Gasteiger partial charge on any atom is -0.333 e. The number of hydrogen-bond acceptors (Lipinski definition) is 2. The molecule has 0 aliphatic carbocycles. The van der Waals surface area contributed by atoms with E-state index in [0.29, 0.717) is 13.1 Å². The lowest BCUT2D eigenvalue weighted by Gasteiger charge is -2.32. The molecule has 2 aromatic rings. The van der Waals surface area contributed by atoms with Crippen LogP contribution in [-0.2, 0) is 11.3 Å². The van der Waals surface area contributed by atoms with E-state index in [1.165, 1.54) is 22.1 Å². The molecule has 0 radical (unpaired) electrons. The van der Waals surface area contributed by atoms with Crippen LogP contribution in [0.15, 0.2) is 49.1 Å². The second kappa shape index (κ2) is 5.43. The van der Waals surface area contributed by atoms with E-state index in [1.807, 2.05) is 29.2 Å². The molecule has 3 rings (SSSR count). The molecule has 4 heteroatoms. The quantitative estimate of drug-likeness (QED) is 0.766. The molecule has 0 unspecified atom stereocenters. The summed E-state index contributed by atoms with van der Waals surface area (Å²) in [6, 6.07) is 12.3. The molecule has 0 N–H and O–H groups in total. The first-order chi connectivity index (χ1) is 9.69. The van der Waals surface area contributed by atoms with Crippen LogP contribution < -0.4 is 0 Å². The van der Waals surface area contributed by atoms with Crippen LogP contribution in [0, 0.1) is 0 Å². The molecule has 1 aromatic heterocycles. The second-order valence-electron chi connectivity index (χ2n) is 4.82. The van der Waals surface area contributed by atoms with Crippen molar-refractivity contribution < 1.29 is 4.79 Å². The van der Waals surface area contributed by atoms with E-state index in [4.69, 9.17) is 11.6 Å². The summed E-state index contributed by atoms with van der Waals surface area (Å²) in [7, 11) is 0. The van der Waals surface area contributed by atoms with Crippen LogP contribution in [0.25, 0.3) is 0 Å². The Hall–Kier alpha value is -1.58. The first-order valence-corrected chi connectivity index (χ1v) is 7.63. The first kappa shape index (κ1) is 13.4. The number of nitrogens with zero attached hydrogens (tertiary/aromatic N) is 1. The SMILES string of the molecule is C=CC(=O)N1Cc2sc(Cl)cc2[C@@H](c2ccccc2)C1. The van der Waals surface area contributed by atoms with Crippen LogP contribution in [0.5, 0.6) is 0 Å². The maximum Gasteiger partial charge on any atom is 0.246 e. The molecule has 1 amide bonds. The van der Waals surface area contributed by atoms with E-state index in [0.717, 1.165) is 4.34 Å². The van der Waals surface area contributed by atoms with Crippen LogP contribution in [0.4, 0.5) is 0 Å². The zero-order chi connectivity index (χ0) is 14.1. The molecule has 0 fully saturated rings. The minimum atomic E-state index is -0.0268. The van der Waals surface area contributed by atoms with Crippen molar-refractivity contribution in [3.63, 3.8) is 0 Å². The van der Waals surface area contributed by atoms with Crippen molar-refractivity contribution in [3.05, 3.63) is 69.4 Å². The Kier molecular flexibility index (Phi) is 3.64. The Morgan fingerprint density at radius 2 is 2.15 bits per heavy atom. The highest BCUT2D eigenvalue weighted by molar-refractivity contribution is 7.16. The topological polar surface area (TPSA) is 20.3 Å². The Morgan fingerprint density at radius 3 is 2.85 bits per heavy atom. The predicted molar refractivity (Wildman–Crippen MR) is 83.2 cm³/mol. The smallest absolute Gasteiger partial charge is 0.246 e. The maximum absolute atomic E-state index is 11.9. The highest BCUT2D eigenvalue weighted by atomic mass is 35.5. The third-order valence-corrected chi connectivity index (χ3v) is 4.88. The van der Waals surface area contributed by atoms with Crippen LogP contribution in [0.2, 0.25) is 4.34 Å². The summed E-state index contributed by atoms with van der Waals surface area (Å²) in [5, 5.41) is 0. The molecule has 102 valence electrons. The average Bonchev–Trinajstić information content (AvgIpc) is 2.86. The fourth-order valence-electron chi connectivity index (χ4n) is 2.65. The van der Waals surface area contributed by atoms with Gasteiger partial charge in [-0.05, 0) is 23.3 Å². The number of hydrogen-bond donors (Lipinski definition) is 0. The molecule has 1 aliphatic heterocycles. The van der Waals surface area contributed by atoms with Gasteiger partial charge in [-0.15, -0.1) is 11.3 Å². The van der Waals surface area contributed by atoms with Gasteiger partial charge < -0.3 is 4.90 Å². The van der Waals surface area contributed by atoms with Crippen molar-refractivity contribution in [1.82, 2.24) is 4.90 Å². The van der Waals surface area contributed by atoms with Gasteiger partial charge in [0, 0.05) is 17.3 Å². The first-order valence-electron chi connectivity index (χ1n) is 6.43. The number of amides is 1. The van der Waals surface area contributed by atoms with Crippen molar-refractivity contribution in [2.75, 3.05) is 6.54 Å². The van der Waals surface area contributed by atoms with Gasteiger partial charge in [-0.1, -0.05) is 48.5 Å². The molecular formula is C16H14ClNOS. The Bertz CT molecular complexity index is 650. The van der Waals surface area contributed by atoms with Gasteiger partial charge >= 0.3 is 0 Å². The number of benzene rings is 1. The third kappa shape index (κ3) is 2.39. The molecule has 0 saturated carbocycles. The summed E-state index contributed by atoms with van der Waals surface area (Å²) in [5.74, 6) is 0.161. The van der Waals surface area contributed by atoms with Crippen LogP contribution >= 0.6 is 22.9 Å². The molecule has 1 aromatic carbocycles. The van der Waals surface area contributed by atoms with E-state index in [1.54, 1.807) is 11.3 Å². The maximum atomic E-state index is 11.9. The number of rotatable bonds is 2. The van der Waals surface area contributed by atoms with Gasteiger partial charge in [0.15, 0.2) is 0 Å². The monoisotopic (exact) mass is 303 g/mol. The van der Waals surface area contributed by atoms with E-state index in [9.17, 15) is 4.79 Å². The zero-order valence-corrected chi connectivity index (χ0v) is 12.5. The molecule has 20 heavy (non-hydrogen) atoms. The van der Waals surface area contributed by atoms with Crippen LogP contribution in [0.1, 0.15) is 21.9 Å². The Labute approximate surface area is 127 Å². The molecule has 0 saturated heterocycles. The Balaban J connectivity index is 2.03. The highest BCUT2D eigenvalue weighted by Gasteiger charge is 2.30. The van der Waals surface area contributed by atoms with Gasteiger partial charge in [0.25, 0.3) is 0 Å². The van der Waals surface area contributed by atoms with Gasteiger partial charge in [-0.2, -0.15) is 0 Å². The van der Waals surface area contributed by atoms with Crippen molar-refractivity contribution in [1.29, 1.82) is 0 Å². The minimum absolute atomic E-state index is 0.0268. The average molecular weight is 304 g/mol. The van der Waals surface area contributed by atoms with E-state index < -0.39 is 0 Å². The lowest BCUT2D eigenvalue weighted by molar-refractivity contribution is -0.127. The lowest BCUT2D eigenvalue weighted by Crippen LogP contribution is -2.36. The molecule has 1 atom stereocenters. The fourth-order valence-corrected chi connectivity index (χ4v) is 4.01. The number of thiophene rings is 1. The van der Waals surface area contributed by atoms with Gasteiger partial charge in [-0.3, -0.25) is 4.79 Å². The van der Waals surface area contributed by atoms with Gasteiger partial charge in [0.2, 0.25) is 5.91 Å². The third-order valence-electron chi connectivity index (χ3n) is 3.61. The van der Waals surface area contributed by atoms with Gasteiger partial charge in [0.05, 0.1) is 10.9 Å². The van der Waals surface area contributed by atoms with E-state index in [2.05, 4.69) is 18.7 Å². The molecule has 0 spiro atoms. The van der Waals surface area contributed by atoms with Crippen molar-refractivity contribution in [2.24, 2.45) is 0 Å². The number of fused-ring (bicyclic) bond motifs is 1. The fraction of sp³-hybridized carbons (Fsp3) is 0.188. The zero-order valence-electron chi connectivity index (χ0n) is 10.9. The lowest BCUT2D eigenvalue weighted by atomic mass is 9.88. The van der Waals surface area contributed by atoms with E-state index in [-0.39, 0.29) is 11.8 Å². The summed E-state index contributed by atoms with van der Waals surface area (Å²) < 4.78 is 0.781. The second-order valence-corrected chi connectivity index (χ2v) is 6.58. The van der Waals surface area contributed by atoms with E-state index >= 15 is 0 Å². The van der Waals surface area contributed by atoms with Crippen LogP contribution in [0.3, 0.4) is 0 Å². The number of carbonyl (C=O) groups excluding carboxylic acids is 1. The summed E-state index contributed by atoms with van der Waals surface area (Å²) in [5.41, 5.74) is 2.46. The van der Waals surface area contributed by atoms with Gasteiger partial charge in [-0.25, -0.2) is 0 Å². The summed E-state index contributed by atoms with van der Waals surface area (Å²) in [6.07, 6.45) is 1.38. The highest BCUT2D eigenvalue weighted by Crippen LogP contribution is 2.39. The van der Waals surface area contributed by atoms with Crippen molar-refractivity contribution >= 4 is 28.8 Å². The summed E-state index contributed by atoms with van der Waals surface area (Å²) in [6.45, 7) is 4.88. The molecule has 2 nitrogen and oxygen atoms in total. The molecule has 0 bridgehead atoms. The largest absolute Gasteiger partial charge is 0.333 e. The predicted octanol–water partition coefficient (Wildman–Crippen LogP) is 4.06. The summed E-state index contributed by atoms with van der Waals surface area (Å²) >= 11 is 7.72. The normalized spacial score (nSPS) is 17.6. The number of carbonyl (C=O) groups is 1. The number of halogens is 1. The summed E-state index contributed by atoms with van der Waals surface area (Å²) in [4.78, 5) is 14.9. The molecular weight excluding hydrogens is 290 g/mol. The van der Waals surface area contributed by atoms with Crippen molar-refractivity contribution in [2.45, 2.75) is 12.5 Å². The molecule has 2 heterocycles. The standard InChI is InChI=1S/C16H14ClNOS/c1-2-16(19)18-9-13(11-6-4-3-5-7-11)12-8-15(17)20-14(12)10-18/h2-8,13H,1,9-10H2/t13-/m1/s1. The Morgan fingerprint density at radius 1 is 1.40 bits per heavy atom.